The molecular formula is C12H19NO2S. The van der Waals surface area contributed by atoms with E-state index in [1.54, 1.807) is 6.07 Å². The third-order valence-electron chi connectivity index (χ3n) is 2.62. The molecule has 3 nitrogen and oxygen atoms in total. The van der Waals surface area contributed by atoms with Gasteiger partial charge < -0.3 is 10.0 Å². The summed E-state index contributed by atoms with van der Waals surface area (Å²) in [5, 5.41) is 9.87. The molecule has 16 heavy (non-hydrogen) atoms. The standard InChI is InChI=1S/C12H19NO2S/c1-8(2)7-9(3)13(4)11-6-5-10(16-11)12(14)15/h5-6,8-9H,7H2,1-4H3,(H,14,15). The lowest BCUT2D eigenvalue weighted by molar-refractivity contribution is 0.0702. The number of hydrogen-bond donors (Lipinski definition) is 1. The molecule has 4 heteroatoms. The zero-order chi connectivity index (χ0) is 12.3. The molecule has 0 bridgehead atoms. The predicted octanol–water partition coefficient (Wildman–Crippen LogP) is 3.32. The largest absolute Gasteiger partial charge is 0.477 e. The molecule has 0 spiro atoms. The van der Waals surface area contributed by atoms with E-state index < -0.39 is 5.97 Å². The summed E-state index contributed by atoms with van der Waals surface area (Å²) in [6, 6.07) is 3.98. The Kier molecular flexibility index (Phi) is 4.35. The van der Waals surface area contributed by atoms with Crippen LogP contribution >= 0.6 is 11.3 Å². The highest BCUT2D eigenvalue weighted by Crippen LogP contribution is 2.27. The summed E-state index contributed by atoms with van der Waals surface area (Å²) in [5.74, 6) is -0.197. The number of thiophene rings is 1. The molecule has 1 aromatic rings. The van der Waals surface area contributed by atoms with E-state index in [2.05, 4.69) is 25.7 Å². The number of anilines is 1. The van der Waals surface area contributed by atoms with Crippen LogP contribution in [0.2, 0.25) is 0 Å². The van der Waals surface area contributed by atoms with Gasteiger partial charge in [-0.15, -0.1) is 11.3 Å². The highest BCUT2D eigenvalue weighted by molar-refractivity contribution is 7.17. The van der Waals surface area contributed by atoms with Gasteiger partial charge in [0.25, 0.3) is 0 Å². The highest BCUT2D eigenvalue weighted by Gasteiger charge is 2.15. The van der Waals surface area contributed by atoms with E-state index in [-0.39, 0.29) is 0 Å². The minimum absolute atomic E-state index is 0.401. The molecule has 0 aliphatic rings. The van der Waals surface area contributed by atoms with Crippen molar-refractivity contribution in [1.82, 2.24) is 0 Å². The van der Waals surface area contributed by atoms with Crippen LogP contribution in [0, 0.1) is 5.92 Å². The van der Waals surface area contributed by atoms with Gasteiger partial charge in [0.05, 0.1) is 5.00 Å². The van der Waals surface area contributed by atoms with Crippen LogP contribution in [0.1, 0.15) is 36.9 Å². The van der Waals surface area contributed by atoms with Crippen molar-refractivity contribution >= 4 is 22.3 Å². The zero-order valence-corrected chi connectivity index (χ0v) is 11.0. The van der Waals surface area contributed by atoms with Crippen LogP contribution in [0.25, 0.3) is 0 Å². The minimum Gasteiger partial charge on any atom is -0.477 e. The molecule has 1 aromatic heterocycles. The molecule has 1 atom stereocenters. The van der Waals surface area contributed by atoms with Gasteiger partial charge in [-0.1, -0.05) is 13.8 Å². The second kappa shape index (κ2) is 5.34. The normalized spacial score (nSPS) is 12.8. The van der Waals surface area contributed by atoms with Crippen LogP contribution in [0.15, 0.2) is 12.1 Å². The monoisotopic (exact) mass is 241 g/mol. The molecule has 1 heterocycles. The first-order valence-corrected chi connectivity index (χ1v) is 6.29. The number of carboxylic acids is 1. The maximum Gasteiger partial charge on any atom is 0.345 e. The first-order valence-electron chi connectivity index (χ1n) is 5.47. The van der Waals surface area contributed by atoms with E-state index in [1.807, 2.05) is 13.1 Å². The van der Waals surface area contributed by atoms with Gasteiger partial charge in [0.2, 0.25) is 0 Å². The number of aromatic carboxylic acids is 1. The molecule has 0 aliphatic carbocycles. The SMILES string of the molecule is CC(C)CC(C)N(C)c1ccc(C(=O)O)s1. The first kappa shape index (κ1) is 13.0. The molecule has 1 rings (SSSR count). The fourth-order valence-electron chi connectivity index (χ4n) is 1.69. The fraction of sp³-hybridized carbons (Fsp3) is 0.583. The van der Waals surface area contributed by atoms with Crippen molar-refractivity contribution in [1.29, 1.82) is 0 Å². The molecule has 0 saturated heterocycles. The lowest BCUT2D eigenvalue weighted by Crippen LogP contribution is -2.29. The fourth-order valence-corrected chi connectivity index (χ4v) is 2.60. The maximum atomic E-state index is 10.8. The number of carbonyl (C=O) groups is 1. The molecule has 0 fully saturated rings. The Morgan fingerprint density at radius 2 is 2.06 bits per heavy atom. The lowest BCUT2D eigenvalue weighted by atomic mass is 10.0. The van der Waals surface area contributed by atoms with Crippen LogP contribution in [-0.4, -0.2) is 24.2 Å². The van der Waals surface area contributed by atoms with E-state index in [4.69, 9.17) is 5.11 Å². The third kappa shape index (κ3) is 3.23. The zero-order valence-electron chi connectivity index (χ0n) is 10.2. The Balaban J connectivity index is 2.71. The summed E-state index contributed by atoms with van der Waals surface area (Å²) in [6.07, 6.45) is 1.11. The number of rotatable bonds is 5. The molecule has 1 unspecified atom stereocenters. The second-order valence-corrected chi connectivity index (χ2v) is 5.59. The first-order chi connectivity index (χ1) is 7.41. The van der Waals surface area contributed by atoms with Crippen molar-refractivity contribution < 1.29 is 9.90 Å². The molecule has 0 aromatic carbocycles. The van der Waals surface area contributed by atoms with Crippen molar-refractivity contribution in [2.24, 2.45) is 5.92 Å². The topological polar surface area (TPSA) is 40.5 Å². The summed E-state index contributed by atoms with van der Waals surface area (Å²) < 4.78 is 0. The van der Waals surface area contributed by atoms with Crippen LogP contribution < -0.4 is 4.90 Å². The van der Waals surface area contributed by atoms with Gasteiger partial charge in [-0.25, -0.2) is 4.79 Å². The average Bonchev–Trinajstić information content (AvgIpc) is 2.64. The summed E-state index contributed by atoms with van der Waals surface area (Å²) in [7, 11) is 2.02. The van der Waals surface area contributed by atoms with Crippen molar-refractivity contribution in [3.8, 4) is 0 Å². The van der Waals surface area contributed by atoms with Crippen LogP contribution in [0.5, 0.6) is 0 Å². The van der Waals surface area contributed by atoms with E-state index in [0.29, 0.717) is 16.8 Å². The Hall–Kier alpha value is -1.03. The summed E-state index contributed by atoms with van der Waals surface area (Å²) >= 11 is 1.33. The minimum atomic E-state index is -0.846. The number of hydrogen-bond acceptors (Lipinski definition) is 3. The Labute approximate surface area is 101 Å². The van der Waals surface area contributed by atoms with E-state index in [9.17, 15) is 4.79 Å². The van der Waals surface area contributed by atoms with E-state index in [1.165, 1.54) is 11.3 Å². The molecule has 0 amide bonds. The summed E-state index contributed by atoms with van der Waals surface area (Å²) in [4.78, 5) is 13.3. The van der Waals surface area contributed by atoms with Gasteiger partial charge in [-0.2, -0.15) is 0 Å². The van der Waals surface area contributed by atoms with E-state index >= 15 is 0 Å². The van der Waals surface area contributed by atoms with Crippen molar-refractivity contribution in [2.75, 3.05) is 11.9 Å². The Bertz CT molecular complexity index is 360. The van der Waals surface area contributed by atoms with Crippen LogP contribution in [0.3, 0.4) is 0 Å². The van der Waals surface area contributed by atoms with Gasteiger partial charge in [-0.3, -0.25) is 0 Å². The molecule has 0 radical (unpaired) electrons. The molecular weight excluding hydrogens is 222 g/mol. The smallest absolute Gasteiger partial charge is 0.345 e. The van der Waals surface area contributed by atoms with Crippen molar-refractivity contribution in [3.63, 3.8) is 0 Å². The van der Waals surface area contributed by atoms with Crippen LogP contribution in [-0.2, 0) is 0 Å². The van der Waals surface area contributed by atoms with Gasteiger partial charge in [-0.05, 0) is 31.4 Å². The van der Waals surface area contributed by atoms with Gasteiger partial charge in [0.15, 0.2) is 0 Å². The molecule has 0 aliphatic heterocycles. The maximum absolute atomic E-state index is 10.8. The molecule has 90 valence electrons. The van der Waals surface area contributed by atoms with Crippen LogP contribution in [0.4, 0.5) is 5.00 Å². The molecule has 1 N–H and O–H groups in total. The van der Waals surface area contributed by atoms with E-state index in [0.717, 1.165) is 11.4 Å². The van der Waals surface area contributed by atoms with Crippen molar-refractivity contribution in [2.45, 2.75) is 33.2 Å². The third-order valence-corrected chi connectivity index (χ3v) is 3.79. The van der Waals surface area contributed by atoms with Gasteiger partial charge in [0.1, 0.15) is 4.88 Å². The van der Waals surface area contributed by atoms with Crippen molar-refractivity contribution in [3.05, 3.63) is 17.0 Å². The molecule has 0 saturated carbocycles. The number of carboxylic acid groups (broad SMARTS) is 1. The second-order valence-electron chi connectivity index (χ2n) is 4.53. The Morgan fingerprint density at radius 3 is 2.50 bits per heavy atom. The van der Waals surface area contributed by atoms with Gasteiger partial charge >= 0.3 is 5.97 Å². The average molecular weight is 241 g/mol. The summed E-state index contributed by atoms with van der Waals surface area (Å²) in [6.45, 7) is 6.56. The van der Waals surface area contributed by atoms with Gasteiger partial charge in [0, 0.05) is 13.1 Å². The number of nitrogens with zero attached hydrogens (tertiary/aromatic N) is 1. The quantitative estimate of drug-likeness (QED) is 0.859. The highest BCUT2D eigenvalue weighted by atomic mass is 32.1. The Morgan fingerprint density at radius 1 is 1.44 bits per heavy atom. The lowest BCUT2D eigenvalue weighted by Gasteiger charge is -2.26. The predicted molar refractivity (Wildman–Crippen MR) is 68.6 cm³/mol. The summed E-state index contributed by atoms with van der Waals surface area (Å²) in [5.41, 5.74) is 0.